The van der Waals surface area contributed by atoms with Crippen LogP contribution in [0.1, 0.15) is 103 Å². The molecule has 132 valence electrons. The zero-order valence-electron chi connectivity index (χ0n) is 15.1. The molecule has 0 saturated carbocycles. The minimum absolute atomic E-state index is 0.650. The summed E-state index contributed by atoms with van der Waals surface area (Å²) in [5, 5.41) is 0. The number of rotatable bonds is 15. The van der Waals surface area contributed by atoms with E-state index in [9.17, 15) is 0 Å². The van der Waals surface area contributed by atoms with Gasteiger partial charge in [-0.3, -0.25) is 0 Å². The first-order valence-corrected chi connectivity index (χ1v) is 10.1. The van der Waals surface area contributed by atoms with E-state index in [2.05, 4.69) is 11.7 Å². The molecule has 0 amide bonds. The zero-order chi connectivity index (χ0) is 15.7. The van der Waals surface area contributed by atoms with Gasteiger partial charge >= 0.3 is 0 Å². The molecule has 2 heterocycles. The fourth-order valence-corrected chi connectivity index (χ4v) is 2.80. The molecule has 2 aliphatic rings. The van der Waals surface area contributed by atoms with Crippen LogP contribution in [-0.2, 0) is 9.47 Å². The van der Waals surface area contributed by atoms with E-state index in [-0.39, 0.29) is 0 Å². The van der Waals surface area contributed by atoms with Crippen LogP contribution in [-0.4, -0.2) is 25.9 Å². The number of hydrogen-bond acceptors (Lipinski definition) is 2. The van der Waals surface area contributed by atoms with E-state index in [0.29, 0.717) is 6.10 Å². The predicted octanol–water partition coefficient (Wildman–Crippen LogP) is 6.27. The van der Waals surface area contributed by atoms with Crippen molar-refractivity contribution in [3.05, 3.63) is 0 Å². The Morgan fingerprint density at radius 1 is 0.636 bits per heavy atom. The first kappa shape index (κ1) is 20.0. The van der Waals surface area contributed by atoms with Crippen molar-refractivity contribution in [2.45, 2.75) is 109 Å². The van der Waals surface area contributed by atoms with E-state index >= 15 is 0 Å². The van der Waals surface area contributed by atoms with Crippen LogP contribution in [0, 0.1) is 0 Å². The Hall–Kier alpha value is -0.0800. The van der Waals surface area contributed by atoms with E-state index in [1.54, 1.807) is 0 Å². The highest BCUT2D eigenvalue weighted by atomic mass is 16.6. The predicted molar refractivity (Wildman–Crippen MR) is 95.5 cm³/mol. The molecule has 0 aliphatic carbocycles. The Morgan fingerprint density at radius 3 is 1.32 bits per heavy atom. The normalized spacial score (nSPS) is 18.7. The molecule has 2 saturated heterocycles. The summed E-state index contributed by atoms with van der Waals surface area (Å²) in [7, 11) is 0. The summed E-state index contributed by atoms with van der Waals surface area (Å²) in [6.07, 6.45) is 22.3. The van der Waals surface area contributed by atoms with Gasteiger partial charge in [0, 0.05) is 0 Å². The Labute approximate surface area is 139 Å². The quantitative estimate of drug-likeness (QED) is 0.263. The molecule has 0 bridgehead atoms. The third kappa shape index (κ3) is 18.0. The largest absolute Gasteiger partial charge is 0.377 e. The first-order valence-electron chi connectivity index (χ1n) is 10.1. The van der Waals surface area contributed by atoms with Crippen LogP contribution in [0.25, 0.3) is 0 Å². The van der Waals surface area contributed by atoms with Crippen LogP contribution in [0.5, 0.6) is 0 Å². The van der Waals surface area contributed by atoms with E-state index in [1.807, 2.05) is 0 Å². The van der Waals surface area contributed by atoms with Crippen molar-refractivity contribution in [3.63, 3.8) is 0 Å². The summed E-state index contributed by atoms with van der Waals surface area (Å²) in [5.74, 6) is 0. The lowest BCUT2D eigenvalue weighted by Gasteiger charge is -2.03. The highest BCUT2D eigenvalue weighted by Crippen LogP contribution is 2.18. The van der Waals surface area contributed by atoms with Gasteiger partial charge in [-0.2, -0.15) is 0 Å². The number of unbranched alkanes of at least 4 members (excludes halogenated alkanes) is 13. The third-order valence-corrected chi connectivity index (χ3v) is 4.49. The SMILES string of the molecule is C1CO1.CCCCCCCCCCCCCCCCC1CO1. The molecule has 1 unspecified atom stereocenters. The average molecular weight is 313 g/mol. The van der Waals surface area contributed by atoms with Crippen LogP contribution in [0.4, 0.5) is 0 Å². The summed E-state index contributed by atoms with van der Waals surface area (Å²) < 4.78 is 9.72. The van der Waals surface area contributed by atoms with Crippen LogP contribution >= 0.6 is 0 Å². The lowest BCUT2D eigenvalue weighted by Crippen LogP contribution is -1.86. The van der Waals surface area contributed by atoms with Gasteiger partial charge in [-0.1, -0.05) is 96.8 Å². The molecular weight excluding hydrogens is 272 g/mol. The van der Waals surface area contributed by atoms with Gasteiger partial charge in [-0.05, 0) is 6.42 Å². The van der Waals surface area contributed by atoms with Crippen LogP contribution < -0.4 is 0 Å². The lowest BCUT2D eigenvalue weighted by atomic mass is 10.0. The number of epoxide rings is 2. The molecule has 2 rings (SSSR count). The minimum atomic E-state index is 0.650. The average Bonchev–Trinajstić information content (AvgIpc) is 3.41. The standard InChI is InChI=1S/C18H36O.C2H4O/c1-2-3-4-5-6-7-8-9-10-11-12-13-14-15-16-18-17-19-18;1-2-3-1/h18H,2-17H2,1H3;1-2H2. The van der Waals surface area contributed by atoms with Crippen molar-refractivity contribution < 1.29 is 9.47 Å². The molecule has 2 heteroatoms. The Kier molecular flexibility index (Phi) is 14.3. The molecule has 0 aromatic heterocycles. The second kappa shape index (κ2) is 15.8. The maximum absolute atomic E-state index is 5.22. The van der Waals surface area contributed by atoms with Gasteiger partial charge in [0.15, 0.2) is 0 Å². The smallest absolute Gasteiger partial charge is 0.0810 e. The number of hydrogen-bond donors (Lipinski definition) is 0. The molecule has 0 aromatic rings. The second-order valence-electron chi connectivity index (χ2n) is 6.95. The van der Waals surface area contributed by atoms with Gasteiger partial charge in [0.2, 0.25) is 0 Å². The van der Waals surface area contributed by atoms with E-state index in [1.165, 1.54) is 96.3 Å². The molecule has 0 aromatic carbocycles. The fraction of sp³-hybridized carbons (Fsp3) is 1.00. The van der Waals surface area contributed by atoms with Gasteiger partial charge in [0.1, 0.15) is 0 Å². The van der Waals surface area contributed by atoms with Crippen molar-refractivity contribution in [2.24, 2.45) is 0 Å². The molecule has 2 aliphatic heterocycles. The summed E-state index contributed by atoms with van der Waals surface area (Å²) in [6.45, 7) is 5.33. The van der Waals surface area contributed by atoms with Gasteiger partial charge in [0.25, 0.3) is 0 Å². The summed E-state index contributed by atoms with van der Waals surface area (Å²) in [5.41, 5.74) is 0. The topological polar surface area (TPSA) is 25.1 Å². The van der Waals surface area contributed by atoms with Crippen LogP contribution in [0.15, 0.2) is 0 Å². The van der Waals surface area contributed by atoms with Crippen molar-refractivity contribution in [2.75, 3.05) is 19.8 Å². The monoisotopic (exact) mass is 312 g/mol. The molecular formula is C20H40O2. The highest BCUT2D eigenvalue weighted by Gasteiger charge is 2.20. The van der Waals surface area contributed by atoms with Crippen LogP contribution in [0.3, 0.4) is 0 Å². The molecule has 2 fully saturated rings. The van der Waals surface area contributed by atoms with Crippen molar-refractivity contribution in [1.82, 2.24) is 0 Å². The van der Waals surface area contributed by atoms with E-state index in [4.69, 9.17) is 4.74 Å². The van der Waals surface area contributed by atoms with Crippen molar-refractivity contribution >= 4 is 0 Å². The van der Waals surface area contributed by atoms with Gasteiger partial charge < -0.3 is 9.47 Å². The molecule has 0 spiro atoms. The molecule has 0 radical (unpaired) electrons. The molecule has 22 heavy (non-hydrogen) atoms. The van der Waals surface area contributed by atoms with Gasteiger partial charge in [-0.15, -0.1) is 0 Å². The summed E-state index contributed by atoms with van der Waals surface area (Å²) in [6, 6.07) is 0. The first-order chi connectivity index (χ1) is 10.9. The molecule has 1 atom stereocenters. The summed E-state index contributed by atoms with van der Waals surface area (Å²) >= 11 is 0. The number of ether oxygens (including phenoxy) is 2. The van der Waals surface area contributed by atoms with E-state index in [0.717, 1.165) is 19.8 Å². The zero-order valence-corrected chi connectivity index (χ0v) is 15.1. The Morgan fingerprint density at radius 2 is 1.00 bits per heavy atom. The molecule has 0 N–H and O–H groups in total. The van der Waals surface area contributed by atoms with Gasteiger partial charge in [-0.25, -0.2) is 0 Å². The van der Waals surface area contributed by atoms with E-state index < -0.39 is 0 Å². The second-order valence-corrected chi connectivity index (χ2v) is 6.95. The highest BCUT2D eigenvalue weighted by molar-refractivity contribution is 4.68. The fourth-order valence-electron chi connectivity index (χ4n) is 2.80. The molecule has 2 nitrogen and oxygen atoms in total. The maximum Gasteiger partial charge on any atom is 0.0810 e. The Bertz CT molecular complexity index is 209. The maximum atomic E-state index is 5.22. The van der Waals surface area contributed by atoms with Crippen LogP contribution in [0.2, 0.25) is 0 Å². The Balaban J connectivity index is 0.000000714. The van der Waals surface area contributed by atoms with Crippen molar-refractivity contribution in [3.8, 4) is 0 Å². The summed E-state index contributed by atoms with van der Waals surface area (Å²) in [4.78, 5) is 0. The minimum Gasteiger partial charge on any atom is -0.377 e. The van der Waals surface area contributed by atoms with Crippen molar-refractivity contribution in [1.29, 1.82) is 0 Å². The lowest BCUT2D eigenvalue weighted by molar-refractivity contribution is 0.387. The van der Waals surface area contributed by atoms with Gasteiger partial charge in [0.05, 0.1) is 25.9 Å². The third-order valence-electron chi connectivity index (χ3n) is 4.49.